The average Bonchev–Trinajstić information content (AvgIpc) is 2.97. The van der Waals surface area contributed by atoms with Crippen LogP contribution in [-0.2, 0) is 4.79 Å². The zero-order valence-corrected chi connectivity index (χ0v) is 11.8. The van der Waals surface area contributed by atoms with Crippen molar-refractivity contribution >= 4 is 33.0 Å². The number of carbonyl (C=O) groups excluding carboxylic acids is 1. The minimum atomic E-state index is -0.427. The Kier molecular flexibility index (Phi) is 3.07. The molecule has 0 saturated heterocycles. The van der Waals surface area contributed by atoms with Crippen molar-refractivity contribution in [3.05, 3.63) is 29.6 Å². The lowest BCUT2D eigenvalue weighted by Crippen LogP contribution is -2.44. The Morgan fingerprint density at radius 3 is 3.05 bits per heavy atom. The van der Waals surface area contributed by atoms with Crippen molar-refractivity contribution in [1.29, 1.82) is 0 Å². The van der Waals surface area contributed by atoms with E-state index in [9.17, 15) is 4.79 Å². The van der Waals surface area contributed by atoms with E-state index in [1.807, 2.05) is 25.1 Å². The third-order valence-electron chi connectivity index (χ3n) is 4.26. The zero-order chi connectivity index (χ0) is 13.5. The van der Waals surface area contributed by atoms with Crippen LogP contribution < -0.4 is 11.1 Å². The van der Waals surface area contributed by atoms with Gasteiger partial charge in [-0.05, 0) is 54.8 Å². The molecular weight excluding hydrogens is 256 g/mol. The SMILES string of the molecule is CC1(C(=O)Nc2ccc3sccc3c2)CCCC1N. The Balaban J connectivity index is 1.82. The molecule has 3 N–H and O–H groups in total. The van der Waals surface area contributed by atoms with E-state index in [-0.39, 0.29) is 11.9 Å². The van der Waals surface area contributed by atoms with Crippen molar-refractivity contribution < 1.29 is 4.79 Å². The molecule has 1 aliphatic carbocycles. The number of nitrogens with two attached hydrogens (primary N) is 1. The van der Waals surface area contributed by atoms with Crippen LogP contribution in [0.3, 0.4) is 0 Å². The van der Waals surface area contributed by atoms with Gasteiger partial charge in [0.1, 0.15) is 0 Å². The molecule has 1 saturated carbocycles. The van der Waals surface area contributed by atoms with E-state index in [1.165, 1.54) is 10.1 Å². The molecule has 1 aromatic carbocycles. The Bertz CT molecular complexity index is 621. The maximum absolute atomic E-state index is 12.4. The van der Waals surface area contributed by atoms with Gasteiger partial charge in [-0.3, -0.25) is 4.79 Å². The number of nitrogens with one attached hydrogen (secondary N) is 1. The number of fused-ring (bicyclic) bond motifs is 1. The highest BCUT2D eigenvalue weighted by Crippen LogP contribution is 2.38. The van der Waals surface area contributed by atoms with Gasteiger partial charge in [0, 0.05) is 16.4 Å². The van der Waals surface area contributed by atoms with Crippen LogP contribution in [0, 0.1) is 5.41 Å². The van der Waals surface area contributed by atoms with E-state index < -0.39 is 5.41 Å². The quantitative estimate of drug-likeness (QED) is 0.882. The molecule has 0 aliphatic heterocycles. The fraction of sp³-hybridized carbons (Fsp3) is 0.400. The van der Waals surface area contributed by atoms with Crippen molar-refractivity contribution in [3.63, 3.8) is 0 Å². The topological polar surface area (TPSA) is 55.1 Å². The summed E-state index contributed by atoms with van der Waals surface area (Å²) in [5.74, 6) is 0.0482. The molecule has 19 heavy (non-hydrogen) atoms. The van der Waals surface area contributed by atoms with E-state index in [0.29, 0.717) is 0 Å². The van der Waals surface area contributed by atoms with Crippen molar-refractivity contribution in [2.45, 2.75) is 32.2 Å². The Hall–Kier alpha value is -1.39. The number of carbonyl (C=O) groups is 1. The molecule has 1 fully saturated rings. The number of hydrogen-bond donors (Lipinski definition) is 2. The second kappa shape index (κ2) is 4.62. The van der Waals surface area contributed by atoms with Gasteiger partial charge in [0.15, 0.2) is 0 Å². The monoisotopic (exact) mass is 274 g/mol. The van der Waals surface area contributed by atoms with Crippen LogP contribution in [-0.4, -0.2) is 11.9 Å². The smallest absolute Gasteiger partial charge is 0.231 e. The highest BCUT2D eigenvalue weighted by molar-refractivity contribution is 7.17. The first-order chi connectivity index (χ1) is 9.09. The molecule has 3 rings (SSSR count). The van der Waals surface area contributed by atoms with Gasteiger partial charge in [-0.15, -0.1) is 11.3 Å². The highest BCUT2D eigenvalue weighted by Gasteiger charge is 2.42. The molecule has 2 atom stereocenters. The van der Waals surface area contributed by atoms with Gasteiger partial charge in [-0.2, -0.15) is 0 Å². The lowest BCUT2D eigenvalue weighted by molar-refractivity contribution is -0.125. The van der Waals surface area contributed by atoms with Gasteiger partial charge >= 0.3 is 0 Å². The molecule has 1 aromatic heterocycles. The van der Waals surface area contributed by atoms with Crippen LogP contribution in [0.2, 0.25) is 0 Å². The summed E-state index contributed by atoms with van der Waals surface area (Å²) in [5.41, 5.74) is 6.51. The van der Waals surface area contributed by atoms with Crippen molar-refractivity contribution in [2.75, 3.05) is 5.32 Å². The summed E-state index contributed by atoms with van der Waals surface area (Å²) in [5, 5.41) is 6.25. The van der Waals surface area contributed by atoms with Crippen molar-refractivity contribution in [1.82, 2.24) is 0 Å². The van der Waals surface area contributed by atoms with Crippen LogP contribution >= 0.6 is 11.3 Å². The minimum absolute atomic E-state index is 0.0302. The molecule has 100 valence electrons. The number of rotatable bonds is 2. The number of benzene rings is 1. The first-order valence-corrected chi connectivity index (χ1v) is 7.52. The summed E-state index contributed by atoms with van der Waals surface area (Å²) in [6.07, 6.45) is 2.85. The summed E-state index contributed by atoms with van der Waals surface area (Å²) in [7, 11) is 0. The van der Waals surface area contributed by atoms with E-state index >= 15 is 0 Å². The summed E-state index contributed by atoms with van der Waals surface area (Å²) in [4.78, 5) is 12.4. The minimum Gasteiger partial charge on any atom is -0.327 e. The number of amides is 1. The average molecular weight is 274 g/mol. The molecule has 0 spiro atoms. The third-order valence-corrected chi connectivity index (χ3v) is 5.16. The highest BCUT2D eigenvalue weighted by atomic mass is 32.1. The zero-order valence-electron chi connectivity index (χ0n) is 11.0. The Morgan fingerprint density at radius 2 is 2.32 bits per heavy atom. The van der Waals surface area contributed by atoms with E-state index in [4.69, 9.17) is 5.73 Å². The molecule has 1 heterocycles. The molecule has 4 heteroatoms. The maximum Gasteiger partial charge on any atom is 0.231 e. The standard InChI is InChI=1S/C15H18N2OS/c1-15(7-2-3-13(15)16)14(18)17-11-4-5-12-10(9-11)6-8-19-12/h4-6,8-9,13H,2-3,7,16H2,1H3,(H,17,18). The van der Waals surface area contributed by atoms with Gasteiger partial charge < -0.3 is 11.1 Å². The van der Waals surface area contributed by atoms with Gasteiger partial charge in [-0.1, -0.05) is 6.42 Å². The molecule has 0 radical (unpaired) electrons. The van der Waals surface area contributed by atoms with Gasteiger partial charge in [-0.25, -0.2) is 0 Å². The molecule has 2 unspecified atom stereocenters. The molecule has 1 amide bonds. The molecule has 3 nitrogen and oxygen atoms in total. The number of thiophene rings is 1. The normalized spacial score (nSPS) is 26.7. The lowest BCUT2D eigenvalue weighted by Gasteiger charge is -2.27. The second-order valence-electron chi connectivity index (χ2n) is 5.54. The van der Waals surface area contributed by atoms with Crippen molar-refractivity contribution in [3.8, 4) is 0 Å². The fourth-order valence-electron chi connectivity index (χ4n) is 2.79. The maximum atomic E-state index is 12.4. The number of anilines is 1. The first-order valence-electron chi connectivity index (χ1n) is 6.64. The van der Waals surface area contributed by atoms with E-state index in [2.05, 4.69) is 16.8 Å². The van der Waals surface area contributed by atoms with Gasteiger partial charge in [0.25, 0.3) is 0 Å². The van der Waals surface area contributed by atoms with Crippen molar-refractivity contribution in [2.24, 2.45) is 11.1 Å². The summed E-state index contributed by atoms with van der Waals surface area (Å²) in [6, 6.07) is 8.07. The van der Waals surface area contributed by atoms with E-state index in [0.717, 1.165) is 24.9 Å². The second-order valence-corrected chi connectivity index (χ2v) is 6.49. The number of hydrogen-bond acceptors (Lipinski definition) is 3. The van der Waals surface area contributed by atoms with Crippen LogP contribution in [0.25, 0.3) is 10.1 Å². The van der Waals surface area contributed by atoms with Gasteiger partial charge in [0.2, 0.25) is 5.91 Å². The first kappa shape index (κ1) is 12.6. The predicted octanol–water partition coefficient (Wildman–Crippen LogP) is 3.36. The molecule has 0 bridgehead atoms. The summed E-state index contributed by atoms with van der Waals surface area (Å²) >= 11 is 1.71. The Labute approximate surface area is 116 Å². The molecule has 1 aliphatic rings. The van der Waals surface area contributed by atoms with Crippen LogP contribution in [0.5, 0.6) is 0 Å². The van der Waals surface area contributed by atoms with Crippen LogP contribution in [0.1, 0.15) is 26.2 Å². The van der Waals surface area contributed by atoms with Crippen LogP contribution in [0.15, 0.2) is 29.6 Å². The Morgan fingerprint density at radius 1 is 1.47 bits per heavy atom. The summed E-state index contributed by atoms with van der Waals surface area (Å²) < 4.78 is 1.24. The van der Waals surface area contributed by atoms with Crippen LogP contribution in [0.4, 0.5) is 5.69 Å². The molecular formula is C15H18N2OS. The van der Waals surface area contributed by atoms with Gasteiger partial charge in [0.05, 0.1) is 5.41 Å². The lowest BCUT2D eigenvalue weighted by atomic mass is 9.84. The summed E-state index contributed by atoms with van der Waals surface area (Å²) in [6.45, 7) is 1.98. The predicted molar refractivity (Wildman–Crippen MR) is 80.4 cm³/mol. The molecule has 2 aromatic rings. The van der Waals surface area contributed by atoms with E-state index in [1.54, 1.807) is 11.3 Å². The third kappa shape index (κ3) is 2.15. The fourth-order valence-corrected chi connectivity index (χ4v) is 3.56. The largest absolute Gasteiger partial charge is 0.327 e.